The molecular weight excluding hydrogens is 208 g/mol. The molecule has 0 saturated carbocycles. The van der Waals surface area contributed by atoms with Crippen molar-refractivity contribution in [1.82, 2.24) is 15.5 Å². The molecule has 1 saturated heterocycles. The summed E-state index contributed by atoms with van der Waals surface area (Å²) in [6, 6.07) is 0. The normalized spacial score (nSPS) is 20.6. The molecule has 1 aromatic heterocycles. The molecule has 0 radical (unpaired) electrons. The molecule has 0 aliphatic carbocycles. The molecular formula is C10H16N4O2. The zero-order valence-electron chi connectivity index (χ0n) is 9.03. The second-order valence-corrected chi connectivity index (χ2v) is 3.99. The van der Waals surface area contributed by atoms with E-state index in [9.17, 15) is 4.79 Å². The number of hydrogen-bond donors (Lipinski definition) is 3. The van der Waals surface area contributed by atoms with E-state index in [-0.39, 0.29) is 5.91 Å². The van der Waals surface area contributed by atoms with Crippen molar-refractivity contribution in [3.05, 3.63) is 11.9 Å². The number of nitrogens with one attached hydrogen (secondary N) is 2. The number of H-pyrrole nitrogens is 1. The van der Waals surface area contributed by atoms with Gasteiger partial charge in [-0.05, 0) is 18.8 Å². The van der Waals surface area contributed by atoms with Crippen LogP contribution in [-0.2, 0) is 4.74 Å². The van der Waals surface area contributed by atoms with Crippen molar-refractivity contribution in [2.45, 2.75) is 12.8 Å². The monoisotopic (exact) mass is 224 g/mol. The van der Waals surface area contributed by atoms with E-state index in [1.165, 1.54) is 6.20 Å². The van der Waals surface area contributed by atoms with E-state index < -0.39 is 0 Å². The first kappa shape index (κ1) is 10.9. The average molecular weight is 224 g/mol. The van der Waals surface area contributed by atoms with Crippen molar-refractivity contribution >= 4 is 11.6 Å². The van der Waals surface area contributed by atoms with E-state index in [0.29, 0.717) is 23.8 Å². The van der Waals surface area contributed by atoms with Crippen LogP contribution in [-0.4, -0.2) is 35.9 Å². The van der Waals surface area contributed by atoms with Crippen LogP contribution in [0.3, 0.4) is 0 Å². The van der Waals surface area contributed by atoms with Crippen LogP contribution in [0.15, 0.2) is 6.20 Å². The van der Waals surface area contributed by atoms with Crippen molar-refractivity contribution in [3.63, 3.8) is 0 Å². The van der Waals surface area contributed by atoms with Gasteiger partial charge in [0.15, 0.2) is 0 Å². The van der Waals surface area contributed by atoms with E-state index in [0.717, 1.165) is 26.1 Å². The van der Waals surface area contributed by atoms with Gasteiger partial charge in [0.05, 0.1) is 18.5 Å². The molecule has 88 valence electrons. The molecule has 0 aromatic carbocycles. The van der Waals surface area contributed by atoms with Gasteiger partial charge in [-0.1, -0.05) is 0 Å². The van der Waals surface area contributed by atoms with Crippen LogP contribution in [0.25, 0.3) is 0 Å². The zero-order valence-corrected chi connectivity index (χ0v) is 9.03. The Hall–Kier alpha value is -1.56. The highest BCUT2D eigenvalue weighted by molar-refractivity contribution is 5.96. The summed E-state index contributed by atoms with van der Waals surface area (Å²) in [6.07, 6.45) is 3.59. The van der Waals surface area contributed by atoms with Crippen LogP contribution in [0, 0.1) is 5.92 Å². The number of aromatic amines is 1. The summed E-state index contributed by atoms with van der Waals surface area (Å²) in [4.78, 5) is 11.7. The van der Waals surface area contributed by atoms with Gasteiger partial charge in [0.1, 0.15) is 5.69 Å². The topological polar surface area (TPSA) is 93.0 Å². The molecule has 1 amide bonds. The molecule has 1 fully saturated rings. The Kier molecular flexibility index (Phi) is 3.40. The van der Waals surface area contributed by atoms with Gasteiger partial charge in [-0.15, -0.1) is 0 Å². The highest BCUT2D eigenvalue weighted by atomic mass is 16.5. The summed E-state index contributed by atoms with van der Waals surface area (Å²) in [6.45, 7) is 2.17. The molecule has 1 atom stereocenters. The summed E-state index contributed by atoms with van der Waals surface area (Å²) in [5.41, 5.74) is 6.27. The summed E-state index contributed by atoms with van der Waals surface area (Å²) >= 11 is 0. The lowest BCUT2D eigenvalue weighted by Gasteiger charge is -2.22. The second-order valence-electron chi connectivity index (χ2n) is 3.99. The highest BCUT2D eigenvalue weighted by Crippen LogP contribution is 2.12. The fourth-order valence-electron chi connectivity index (χ4n) is 1.77. The molecule has 4 N–H and O–H groups in total. The molecule has 1 aliphatic rings. The molecule has 1 aromatic rings. The Morgan fingerprint density at radius 3 is 3.25 bits per heavy atom. The first-order valence-electron chi connectivity index (χ1n) is 5.42. The van der Waals surface area contributed by atoms with Gasteiger partial charge in [0, 0.05) is 13.2 Å². The Bertz CT molecular complexity index is 357. The SMILES string of the molecule is Nc1cn[nH]c1C(=O)NCC1CCCOC1. The van der Waals surface area contributed by atoms with Gasteiger partial charge in [-0.25, -0.2) is 0 Å². The van der Waals surface area contributed by atoms with Crippen molar-refractivity contribution in [2.24, 2.45) is 5.92 Å². The minimum absolute atomic E-state index is 0.208. The number of hydrogen-bond acceptors (Lipinski definition) is 4. The Labute approximate surface area is 93.5 Å². The lowest BCUT2D eigenvalue weighted by Crippen LogP contribution is -2.33. The van der Waals surface area contributed by atoms with Crippen molar-refractivity contribution in [3.8, 4) is 0 Å². The van der Waals surface area contributed by atoms with Crippen molar-refractivity contribution in [1.29, 1.82) is 0 Å². The number of nitrogens with two attached hydrogens (primary N) is 1. The fourth-order valence-corrected chi connectivity index (χ4v) is 1.77. The molecule has 2 rings (SSSR count). The van der Waals surface area contributed by atoms with Crippen LogP contribution in [0.5, 0.6) is 0 Å². The molecule has 1 unspecified atom stereocenters. The average Bonchev–Trinajstić information content (AvgIpc) is 2.74. The third kappa shape index (κ3) is 2.52. The third-order valence-electron chi connectivity index (χ3n) is 2.70. The predicted octanol–water partition coefficient (Wildman–Crippen LogP) is 0.148. The number of anilines is 1. The van der Waals surface area contributed by atoms with Gasteiger partial charge >= 0.3 is 0 Å². The number of ether oxygens (including phenoxy) is 1. The largest absolute Gasteiger partial charge is 0.396 e. The quantitative estimate of drug-likeness (QED) is 0.681. The van der Waals surface area contributed by atoms with Gasteiger partial charge in [0.2, 0.25) is 0 Å². The summed E-state index contributed by atoms with van der Waals surface area (Å²) in [5.74, 6) is 0.197. The van der Waals surface area contributed by atoms with Gasteiger partial charge < -0.3 is 15.8 Å². The Balaban J connectivity index is 1.81. The first-order chi connectivity index (χ1) is 7.77. The maximum atomic E-state index is 11.7. The van der Waals surface area contributed by atoms with Gasteiger partial charge in [0.25, 0.3) is 5.91 Å². The molecule has 16 heavy (non-hydrogen) atoms. The number of nitrogens with zero attached hydrogens (tertiary/aromatic N) is 1. The number of carbonyl (C=O) groups excluding carboxylic acids is 1. The van der Waals surface area contributed by atoms with E-state index in [2.05, 4.69) is 15.5 Å². The minimum atomic E-state index is -0.208. The molecule has 1 aliphatic heterocycles. The standard InChI is InChI=1S/C10H16N4O2/c11-8-5-13-14-9(8)10(15)12-4-7-2-1-3-16-6-7/h5,7H,1-4,6,11H2,(H,12,15)(H,13,14). The van der Waals surface area contributed by atoms with E-state index >= 15 is 0 Å². The minimum Gasteiger partial charge on any atom is -0.396 e. The van der Waals surface area contributed by atoms with Gasteiger partial charge in [-0.2, -0.15) is 5.10 Å². The predicted molar refractivity (Wildman–Crippen MR) is 58.9 cm³/mol. The number of aromatic nitrogens is 2. The van der Waals surface area contributed by atoms with E-state index in [4.69, 9.17) is 10.5 Å². The lowest BCUT2D eigenvalue weighted by molar-refractivity contribution is 0.0536. The van der Waals surface area contributed by atoms with E-state index in [1.54, 1.807) is 0 Å². The van der Waals surface area contributed by atoms with Crippen LogP contribution in [0.2, 0.25) is 0 Å². The summed E-state index contributed by atoms with van der Waals surface area (Å²) < 4.78 is 5.33. The molecule has 0 spiro atoms. The summed E-state index contributed by atoms with van der Waals surface area (Å²) in [5, 5.41) is 9.10. The fraction of sp³-hybridized carbons (Fsp3) is 0.600. The van der Waals surface area contributed by atoms with Crippen LogP contribution in [0.4, 0.5) is 5.69 Å². The number of rotatable bonds is 3. The molecule has 0 bridgehead atoms. The third-order valence-corrected chi connectivity index (χ3v) is 2.70. The van der Waals surface area contributed by atoms with Crippen LogP contribution in [0.1, 0.15) is 23.3 Å². The van der Waals surface area contributed by atoms with Crippen molar-refractivity contribution < 1.29 is 9.53 Å². The highest BCUT2D eigenvalue weighted by Gasteiger charge is 2.16. The second kappa shape index (κ2) is 4.98. The number of amides is 1. The molecule has 6 nitrogen and oxygen atoms in total. The maximum absolute atomic E-state index is 11.7. The number of nitrogen functional groups attached to an aromatic ring is 1. The van der Waals surface area contributed by atoms with Crippen molar-refractivity contribution in [2.75, 3.05) is 25.5 Å². The van der Waals surface area contributed by atoms with E-state index in [1.807, 2.05) is 0 Å². The Morgan fingerprint density at radius 1 is 1.75 bits per heavy atom. The summed E-state index contributed by atoms with van der Waals surface area (Å²) in [7, 11) is 0. The molecule has 2 heterocycles. The first-order valence-corrected chi connectivity index (χ1v) is 5.42. The van der Waals surface area contributed by atoms with Crippen LogP contribution >= 0.6 is 0 Å². The maximum Gasteiger partial charge on any atom is 0.271 e. The zero-order chi connectivity index (χ0) is 11.4. The Morgan fingerprint density at radius 2 is 2.62 bits per heavy atom. The molecule has 6 heteroatoms. The lowest BCUT2D eigenvalue weighted by atomic mass is 10.0. The number of carbonyl (C=O) groups is 1. The smallest absolute Gasteiger partial charge is 0.271 e. The van der Waals surface area contributed by atoms with Gasteiger partial charge in [-0.3, -0.25) is 9.89 Å². The van der Waals surface area contributed by atoms with Crippen LogP contribution < -0.4 is 11.1 Å².